The molecule has 1 aliphatic rings. The zero-order chi connectivity index (χ0) is 21.1. The summed E-state index contributed by atoms with van der Waals surface area (Å²) in [5.41, 5.74) is 1.94. The monoisotopic (exact) mass is 413 g/mol. The molecule has 0 radical (unpaired) electrons. The number of anilines is 1. The van der Waals surface area contributed by atoms with Gasteiger partial charge in [-0.05, 0) is 35.1 Å². The molecule has 0 atom stereocenters. The van der Waals surface area contributed by atoms with Crippen molar-refractivity contribution in [3.8, 4) is 11.8 Å². The van der Waals surface area contributed by atoms with Gasteiger partial charge in [-0.15, -0.1) is 0 Å². The van der Waals surface area contributed by atoms with Gasteiger partial charge in [-0.1, -0.05) is 50.2 Å². The fraction of sp³-hybridized carbons (Fsp3) is 0.333. The first kappa shape index (κ1) is 20.7. The van der Waals surface area contributed by atoms with Crippen LogP contribution in [-0.4, -0.2) is 20.9 Å². The number of amides is 1. The van der Waals surface area contributed by atoms with E-state index in [1.807, 2.05) is 55.0 Å². The molecule has 29 heavy (non-hydrogen) atoms. The second-order valence-corrected chi connectivity index (χ2v) is 9.38. The Labute approximate surface area is 171 Å². The van der Waals surface area contributed by atoms with Crippen LogP contribution in [0.2, 0.25) is 0 Å². The van der Waals surface area contributed by atoms with Crippen LogP contribution in [0.5, 0.6) is 5.75 Å². The van der Waals surface area contributed by atoms with E-state index in [9.17, 15) is 13.2 Å². The minimum absolute atomic E-state index is 0.232. The lowest BCUT2D eigenvalue weighted by Gasteiger charge is -2.23. The second-order valence-electron chi connectivity index (χ2n) is 7.79. The summed E-state index contributed by atoms with van der Waals surface area (Å²) in [6.45, 7) is 3.97. The number of hydrogen-bond donors (Lipinski definition) is 1. The fourth-order valence-electron chi connectivity index (χ4n) is 3.22. The summed E-state index contributed by atoms with van der Waals surface area (Å²) in [4.78, 5) is 11.7. The van der Waals surface area contributed by atoms with Gasteiger partial charge in [0.15, 0.2) is 0 Å². The highest BCUT2D eigenvalue weighted by Crippen LogP contribution is 2.35. The maximum atomic E-state index is 12.3. The number of nitriles is 1. The lowest BCUT2D eigenvalue weighted by molar-refractivity contribution is -0.117. The van der Waals surface area contributed by atoms with Crippen LogP contribution in [-0.2, 0) is 28.0 Å². The lowest BCUT2D eigenvalue weighted by Crippen LogP contribution is -2.30. The normalized spacial score (nSPS) is 15.6. The van der Waals surface area contributed by atoms with Crippen molar-refractivity contribution in [3.05, 3.63) is 59.7 Å². The fourth-order valence-corrected chi connectivity index (χ4v) is 4.38. The van der Waals surface area contributed by atoms with E-state index >= 15 is 0 Å². The average molecular weight is 413 g/mol. The lowest BCUT2D eigenvalue weighted by atomic mass is 9.83. The third kappa shape index (κ3) is 5.06. The third-order valence-electron chi connectivity index (χ3n) is 4.59. The topological polar surface area (TPSA) is 99.5 Å². The van der Waals surface area contributed by atoms with Gasteiger partial charge in [-0.3, -0.25) is 4.79 Å². The molecule has 7 nitrogen and oxygen atoms in total. The highest BCUT2D eigenvalue weighted by Gasteiger charge is 2.36. The maximum absolute atomic E-state index is 12.3. The molecule has 1 saturated heterocycles. The van der Waals surface area contributed by atoms with Gasteiger partial charge < -0.3 is 4.74 Å². The number of nitrogens with zero attached hydrogens (tertiary/aromatic N) is 2. The van der Waals surface area contributed by atoms with Crippen molar-refractivity contribution in [1.82, 2.24) is 4.72 Å². The number of nitrogens with one attached hydrogen (secondary N) is 1. The maximum Gasteiger partial charge on any atom is 0.326 e. The van der Waals surface area contributed by atoms with Gasteiger partial charge in [0.2, 0.25) is 0 Å². The van der Waals surface area contributed by atoms with Crippen LogP contribution in [0.1, 0.15) is 31.4 Å². The van der Waals surface area contributed by atoms with Crippen molar-refractivity contribution in [3.63, 3.8) is 0 Å². The van der Waals surface area contributed by atoms with Crippen molar-refractivity contribution in [1.29, 1.82) is 5.26 Å². The van der Waals surface area contributed by atoms with Gasteiger partial charge >= 0.3 is 10.2 Å². The zero-order valence-electron chi connectivity index (χ0n) is 16.4. The summed E-state index contributed by atoms with van der Waals surface area (Å²) < 4.78 is 33.6. The van der Waals surface area contributed by atoms with Crippen LogP contribution in [0.25, 0.3) is 0 Å². The summed E-state index contributed by atoms with van der Waals surface area (Å²) in [7, 11) is -3.94. The van der Waals surface area contributed by atoms with Crippen molar-refractivity contribution < 1.29 is 17.9 Å². The van der Waals surface area contributed by atoms with E-state index < -0.39 is 16.1 Å². The van der Waals surface area contributed by atoms with Gasteiger partial charge in [-0.2, -0.15) is 13.7 Å². The van der Waals surface area contributed by atoms with E-state index in [1.165, 1.54) is 0 Å². The molecule has 0 saturated carbocycles. The van der Waals surface area contributed by atoms with Gasteiger partial charge in [0, 0.05) is 6.42 Å². The summed E-state index contributed by atoms with van der Waals surface area (Å²) in [5.74, 6) is -0.211. The molecule has 3 rings (SSSR count). The molecule has 0 aliphatic carbocycles. The van der Waals surface area contributed by atoms with Crippen LogP contribution in [0, 0.1) is 16.7 Å². The van der Waals surface area contributed by atoms with Gasteiger partial charge in [0.05, 0.1) is 11.8 Å². The van der Waals surface area contributed by atoms with Gasteiger partial charge in [0.25, 0.3) is 5.91 Å². The molecule has 8 heteroatoms. The Morgan fingerprint density at radius 2 is 1.90 bits per heavy atom. The van der Waals surface area contributed by atoms with Crippen molar-refractivity contribution in [2.24, 2.45) is 5.41 Å². The highest BCUT2D eigenvalue weighted by molar-refractivity contribution is 7.92. The summed E-state index contributed by atoms with van der Waals surface area (Å²) in [6.07, 6.45) is 1.03. The van der Waals surface area contributed by atoms with Crippen molar-refractivity contribution in [2.75, 3.05) is 10.8 Å². The highest BCUT2D eigenvalue weighted by atomic mass is 32.2. The van der Waals surface area contributed by atoms with Crippen LogP contribution >= 0.6 is 0 Å². The summed E-state index contributed by atoms with van der Waals surface area (Å²) in [6, 6.07) is 17.0. The molecule has 2 aromatic carbocycles. The van der Waals surface area contributed by atoms with Crippen LogP contribution in [0.4, 0.5) is 5.69 Å². The third-order valence-corrected chi connectivity index (χ3v) is 5.98. The number of ether oxygens (including phenoxy) is 1. The van der Waals surface area contributed by atoms with E-state index in [0.29, 0.717) is 24.3 Å². The minimum Gasteiger partial charge on any atom is -0.487 e. The Balaban J connectivity index is 1.94. The number of hydrogen-bond acceptors (Lipinski definition) is 5. The Bertz CT molecular complexity index is 1040. The Kier molecular flexibility index (Phi) is 5.80. The largest absolute Gasteiger partial charge is 0.487 e. The van der Waals surface area contributed by atoms with E-state index in [1.54, 1.807) is 12.1 Å². The van der Waals surface area contributed by atoms with Crippen LogP contribution in [0.15, 0.2) is 48.5 Å². The smallest absolute Gasteiger partial charge is 0.326 e. The molecule has 1 N–H and O–H groups in total. The molecule has 0 spiro atoms. The summed E-state index contributed by atoms with van der Waals surface area (Å²) in [5, 5.41) is 9.03. The Morgan fingerprint density at radius 3 is 2.52 bits per heavy atom. The quantitative estimate of drug-likeness (QED) is 0.752. The van der Waals surface area contributed by atoms with E-state index in [2.05, 4.69) is 6.07 Å². The molecule has 1 fully saturated rings. The SMILES string of the molecule is CC(C)(CC#N)Cc1ccc(N2CC(=O)NS2(=O)=O)c(OCc2ccccc2)c1. The molecule has 1 amide bonds. The molecule has 0 aromatic heterocycles. The summed E-state index contributed by atoms with van der Waals surface area (Å²) >= 11 is 0. The Hall–Kier alpha value is -3.05. The molecular formula is C21H23N3O4S. The Morgan fingerprint density at radius 1 is 1.17 bits per heavy atom. The van der Waals surface area contributed by atoms with Gasteiger partial charge in [0.1, 0.15) is 18.9 Å². The number of carbonyl (C=O) groups excluding carboxylic acids is 1. The number of benzene rings is 2. The molecule has 0 bridgehead atoms. The first-order chi connectivity index (χ1) is 13.7. The van der Waals surface area contributed by atoms with E-state index in [-0.39, 0.29) is 18.6 Å². The number of carbonyl (C=O) groups is 1. The molecular weight excluding hydrogens is 390 g/mol. The second kappa shape index (κ2) is 8.13. The van der Waals surface area contributed by atoms with E-state index in [4.69, 9.17) is 10.00 Å². The van der Waals surface area contributed by atoms with Crippen molar-refractivity contribution in [2.45, 2.75) is 33.3 Å². The average Bonchev–Trinajstić information content (AvgIpc) is 2.92. The van der Waals surface area contributed by atoms with Crippen LogP contribution < -0.4 is 13.8 Å². The molecule has 1 heterocycles. The van der Waals surface area contributed by atoms with Gasteiger partial charge in [-0.25, -0.2) is 9.03 Å². The molecule has 152 valence electrons. The molecule has 0 unspecified atom stereocenters. The zero-order valence-corrected chi connectivity index (χ0v) is 17.2. The first-order valence-electron chi connectivity index (χ1n) is 9.20. The predicted octanol–water partition coefficient (Wildman–Crippen LogP) is 2.93. The van der Waals surface area contributed by atoms with E-state index in [0.717, 1.165) is 15.4 Å². The minimum atomic E-state index is -3.94. The standard InChI is InChI=1S/C21H23N3O4S/c1-21(2,10-11-22)13-17-8-9-18(24-14-20(25)23-29(24,26)27)19(12-17)28-15-16-6-4-3-5-7-16/h3-9,12H,10,13-15H2,1-2H3,(H,23,25). The number of rotatable bonds is 7. The predicted molar refractivity (Wildman–Crippen MR) is 109 cm³/mol. The van der Waals surface area contributed by atoms with Crippen LogP contribution in [0.3, 0.4) is 0 Å². The van der Waals surface area contributed by atoms with Crippen molar-refractivity contribution >= 4 is 21.8 Å². The molecule has 2 aromatic rings. The first-order valence-corrected chi connectivity index (χ1v) is 10.6. The molecule has 1 aliphatic heterocycles.